The SMILES string of the molecule is O=C(N(c1ccc(S(=O)(=O)Nc2ccccc2Oc2ccc(Cl)cc2Cl)cc1)C1CCNCC1)C(F)(F)F. The number of para-hydroxylation sites is 2. The molecule has 0 aliphatic carbocycles. The Hall–Kier alpha value is -2.99. The molecule has 0 spiro atoms. The number of nitrogens with zero attached hydrogens (tertiary/aromatic N) is 1. The number of hydrogen-bond donors (Lipinski definition) is 2. The van der Waals surface area contributed by atoms with Crippen LogP contribution in [0.1, 0.15) is 12.8 Å². The van der Waals surface area contributed by atoms with Gasteiger partial charge in [0.25, 0.3) is 10.0 Å². The molecule has 0 atom stereocenters. The van der Waals surface area contributed by atoms with Crippen molar-refractivity contribution in [2.75, 3.05) is 22.7 Å². The molecule has 0 radical (unpaired) electrons. The third kappa shape index (κ3) is 6.52. The minimum absolute atomic E-state index is 0.0423. The van der Waals surface area contributed by atoms with Crippen LogP contribution >= 0.6 is 23.2 Å². The molecule has 7 nitrogen and oxygen atoms in total. The van der Waals surface area contributed by atoms with Gasteiger partial charge in [0, 0.05) is 16.8 Å². The van der Waals surface area contributed by atoms with E-state index in [1.165, 1.54) is 36.4 Å². The van der Waals surface area contributed by atoms with E-state index in [4.69, 9.17) is 27.9 Å². The molecule has 1 aliphatic heterocycles. The molecule has 1 saturated heterocycles. The summed E-state index contributed by atoms with van der Waals surface area (Å²) in [6, 6.07) is 14.8. The van der Waals surface area contributed by atoms with E-state index < -0.39 is 28.1 Å². The molecule has 202 valence electrons. The van der Waals surface area contributed by atoms with Crippen molar-refractivity contribution in [1.29, 1.82) is 0 Å². The highest BCUT2D eigenvalue weighted by molar-refractivity contribution is 7.92. The number of benzene rings is 3. The molecule has 0 saturated carbocycles. The third-order valence-electron chi connectivity index (χ3n) is 5.81. The summed E-state index contributed by atoms with van der Waals surface area (Å²) in [5.74, 6) is -1.59. The van der Waals surface area contributed by atoms with Crippen LogP contribution in [0.2, 0.25) is 10.0 Å². The first-order valence-corrected chi connectivity index (χ1v) is 13.7. The van der Waals surface area contributed by atoms with Gasteiger partial charge in [0.1, 0.15) is 5.75 Å². The molecule has 0 aromatic heterocycles. The summed E-state index contributed by atoms with van der Waals surface area (Å²) in [4.78, 5) is 12.7. The Morgan fingerprint density at radius 1 is 0.974 bits per heavy atom. The number of alkyl halides is 3. The fraction of sp³-hybridized carbons (Fsp3) is 0.240. The number of piperidine rings is 1. The lowest BCUT2D eigenvalue weighted by Gasteiger charge is -2.35. The molecule has 1 heterocycles. The number of rotatable bonds is 7. The third-order valence-corrected chi connectivity index (χ3v) is 7.72. The predicted octanol–water partition coefficient (Wildman–Crippen LogP) is 6.23. The average molecular weight is 588 g/mol. The van der Waals surface area contributed by atoms with Gasteiger partial charge >= 0.3 is 12.1 Å². The number of sulfonamides is 1. The Labute approximate surface area is 227 Å². The number of nitrogens with one attached hydrogen (secondary N) is 2. The van der Waals surface area contributed by atoms with E-state index in [-0.39, 0.29) is 32.8 Å². The summed E-state index contributed by atoms with van der Waals surface area (Å²) in [7, 11) is -4.18. The average Bonchev–Trinajstić information content (AvgIpc) is 2.87. The van der Waals surface area contributed by atoms with E-state index in [1.807, 2.05) is 0 Å². The maximum absolute atomic E-state index is 13.4. The van der Waals surface area contributed by atoms with Gasteiger partial charge in [0.15, 0.2) is 5.75 Å². The molecular weight excluding hydrogens is 566 g/mol. The van der Waals surface area contributed by atoms with Gasteiger partial charge in [0.2, 0.25) is 0 Å². The quantitative estimate of drug-likeness (QED) is 0.342. The second-order valence-electron chi connectivity index (χ2n) is 8.43. The zero-order chi connectivity index (χ0) is 27.5. The number of carbonyl (C=O) groups excluding carboxylic acids is 1. The Kier molecular flexibility index (Phi) is 8.41. The Morgan fingerprint density at radius 3 is 2.26 bits per heavy atom. The van der Waals surface area contributed by atoms with Gasteiger partial charge in [-0.2, -0.15) is 13.2 Å². The largest absolute Gasteiger partial charge is 0.471 e. The van der Waals surface area contributed by atoms with Gasteiger partial charge in [-0.15, -0.1) is 0 Å². The summed E-state index contributed by atoms with van der Waals surface area (Å²) in [5, 5.41) is 3.66. The first-order chi connectivity index (χ1) is 18.0. The van der Waals surface area contributed by atoms with Crippen LogP contribution in [0.25, 0.3) is 0 Å². The molecule has 3 aromatic carbocycles. The van der Waals surface area contributed by atoms with Crippen molar-refractivity contribution in [3.05, 3.63) is 76.8 Å². The van der Waals surface area contributed by atoms with E-state index in [0.29, 0.717) is 35.9 Å². The minimum Gasteiger partial charge on any atom is -0.454 e. The van der Waals surface area contributed by atoms with Gasteiger partial charge in [-0.25, -0.2) is 8.42 Å². The zero-order valence-corrected chi connectivity index (χ0v) is 22.0. The lowest BCUT2D eigenvalue weighted by atomic mass is 10.0. The number of anilines is 2. The van der Waals surface area contributed by atoms with Gasteiger partial charge in [-0.3, -0.25) is 9.52 Å². The van der Waals surface area contributed by atoms with Crippen LogP contribution in [0.5, 0.6) is 11.5 Å². The zero-order valence-electron chi connectivity index (χ0n) is 19.6. The first kappa shape index (κ1) is 28.0. The molecule has 1 amide bonds. The van der Waals surface area contributed by atoms with E-state index in [2.05, 4.69) is 10.0 Å². The molecule has 0 bridgehead atoms. The van der Waals surface area contributed by atoms with E-state index in [0.717, 1.165) is 12.1 Å². The summed E-state index contributed by atoms with van der Waals surface area (Å²) in [6.45, 7) is 0.927. The second kappa shape index (κ2) is 11.4. The standard InChI is InChI=1S/C25H22Cl2F3N3O4S/c26-16-5-10-22(20(27)15-16)37-23-4-2-1-3-21(23)32-38(35,36)19-8-6-17(7-9-19)33(24(34)25(28,29)30)18-11-13-31-14-12-18/h1-10,15,18,31-32H,11-14H2. The monoisotopic (exact) mass is 587 g/mol. The maximum atomic E-state index is 13.4. The van der Waals surface area contributed by atoms with Crippen LogP contribution in [0.15, 0.2) is 71.6 Å². The van der Waals surface area contributed by atoms with Crippen molar-refractivity contribution in [2.45, 2.75) is 30.0 Å². The van der Waals surface area contributed by atoms with Crippen LogP contribution in [0.3, 0.4) is 0 Å². The highest BCUT2D eigenvalue weighted by atomic mass is 35.5. The highest BCUT2D eigenvalue weighted by Gasteiger charge is 2.45. The molecule has 0 unspecified atom stereocenters. The van der Waals surface area contributed by atoms with E-state index in [9.17, 15) is 26.4 Å². The molecule has 1 fully saturated rings. The summed E-state index contributed by atoms with van der Waals surface area (Å²) in [5.41, 5.74) is 0.0606. The molecule has 1 aliphatic rings. The van der Waals surface area contributed by atoms with Crippen molar-refractivity contribution >= 4 is 50.5 Å². The predicted molar refractivity (Wildman–Crippen MR) is 140 cm³/mol. The van der Waals surface area contributed by atoms with Crippen molar-refractivity contribution in [3.63, 3.8) is 0 Å². The van der Waals surface area contributed by atoms with Crippen molar-refractivity contribution < 1.29 is 31.1 Å². The first-order valence-electron chi connectivity index (χ1n) is 11.4. The topological polar surface area (TPSA) is 87.7 Å². The van der Waals surface area contributed by atoms with Gasteiger partial charge in [0.05, 0.1) is 15.6 Å². The molecule has 4 rings (SSSR count). The number of ether oxygens (including phenoxy) is 1. The Morgan fingerprint density at radius 2 is 1.63 bits per heavy atom. The van der Waals surface area contributed by atoms with Crippen LogP contribution < -0.4 is 19.7 Å². The van der Waals surface area contributed by atoms with Crippen molar-refractivity contribution in [1.82, 2.24) is 5.32 Å². The molecule has 13 heteroatoms. The molecule has 3 aromatic rings. The van der Waals surface area contributed by atoms with Crippen LogP contribution in [0, 0.1) is 0 Å². The summed E-state index contributed by atoms with van der Waals surface area (Å²) >= 11 is 12.1. The normalized spacial score (nSPS) is 14.7. The van der Waals surface area contributed by atoms with Gasteiger partial charge in [-0.05, 0) is 80.5 Å². The van der Waals surface area contributed by atoms with Crippen LogP contribution in [-0.2, 0) is 14.8 Å². The van der Waals surface area contributed by atoms with Gasteiger partial charge in [-0.1, -0.05) is 35.3 Å². The molecule has 38 heavy (non-hydrogen) atoms. The second-order valence-corrected chi connectivity index (χ2v) is 11.0. The number of carbonyl (C=O) groups is 1. The smallest absolute Gasteiger partial charge is 0.454 e. The molecule has 2 N–H and O–H groups in total. The fourth-order valence-electron chi connectivity index (χ4n) is 4.00. The minimum atomic E-state index is -5.08. The summed E-state index contributed by atoms with van der Waals surface area (Å²) in [6.07, 6.45) is -4.41. The number of halogens is 5. The molecular formula is C25H22Cl2F3N3O4S. The lowest BCUT2D eigenvalue weighted by Crippen LogP contribution is -2.51. The Bertz CT molecular complexity index is 1410. The fourth-order valence-corrected chi connectivity index (χ4v) is 5.52. The van der Waals surface area contributed by atoms with Crippen molar-refractivity contribution in [3.8, 4) is 11.5 Å². The van der Waals surface area contributed by atoms with E-state index >= 15 is 0 Å². The van der Waals surface area contributed by atoms with E-state index in [1.54, 1.807) is 18.2 Å². The van der Waals surface area contributed by atoms with Gasteiger partial charge < -0.3 is 15.0 Å². The van der Waals surface area contributed by atoms with Crippen LogP contribution in [0.4, 0.5) is 24.5 Å². The van der Waals surface area contributed by atoms with Crippen molar-refractivity contribution in [2.24, 2.45) is 0 Å². The summed E-state index contributed by atoms with van der Waals surface area (Å²) < 4.78 is 74.5. The lowest BCUT2D eigenvalue weighted by molar-refractivity contribution is -0.171. The maximum Gasteiger partial charge on any atom is 0.471 e. The highest BCUT2D eigenvalue weighted by Crippen LogP contribution is 2.36. The number of amides is 1. The Balaban J connectivity index is 1.58. The number of hydrogen-bond acceptors (Lipinski definition) is 5. The van der Waals surface area contributed by atoms with Crippen LogP contribution in [-0.4, -0.2) is 39.6 Å².